The second kappa shape index (κ2) is 6.11. The molecule has 20 heavy (non-hydrogen) atoms. The molecule has 1 heterocycles. The summed E-state index contributed by atoms with van der Waals surface area (Å²) < 4.78 is 15.4. The summed E-state index contributed by atoms with van der Waals surface area (Å²) >= 11 is 0. The van der Waals surface area contributed by atoms with E-state index in [4.69, 9.17) is 14.2 Å². The van der Waals surface area contributed by atoms with Crippen LogP contribution >= 0.6 is 0 Å². The minimum absolute atomic E-state index is 0.154. The van der Waals surface area contributed by atoms with Gasteiger partial charge < -0.3 is 24.6 Å². The van der Waals surface area contributed by atoms with Gasteiger partial charge in [0.2, 0.25) is 0 Å². The normalized spacial score (nSPS) is 21.6. The van der Waals surface area contributed by atoms with Crippen LogP contribution in [0.1, 0.15) is 16.8 Å². The zero-order valence-electron chi connectivity index (χ0n) is 11.6. The van der Waals surface area contributed by atoms with E-state index in [0.717, 1.165) is 0 Å². The highest BCUT2D eigenvalue weighted by molar-refractivity contribution is 5.97. The van der Waals surface area contributed by atoms with Gasteiger partial charge in [-0.15, -0.1) is 0 Å². The molecule has 2 N–H and O–H groups in total. The summed E-state index contributed by atoms with van der Waals surface area (Å²) in [7, 11) is 3.04. The maximum Gasteiger partial charge on any atom is 0.255 e. The Balaban J connectivity index is 2.05. The van der Waals surface area contributed by atoms with Gasteiger partial charge >= 0.3 is 0 Å². The Morgan fingerprint density at radius 1 is 1.45 bits per heavy atom. The van der Waals surface area contributed by atoms with Crippen molar-refractivity contribution in [3.8, 4) is 11.5 Å². The number of nitrogens with one attached hydrogen (secondary N) is 1. The number of hydrogen-bond acceptors (Lipinski definition) is 5. The number of carbonyl (C=O) groups excluding carboxylic acids is 1. The van der Waals surface area contributed by atoms with E-state index in [1.165, 1.54) is 7.11 Å². The van der Waals surface area contributed by atoms with E-state index in [9.17, 15) is 9.90 Å². The van der Waals surface area contributed by atoms with Gasteiger partial charge in [0, 0.05) is 25.6 Å². The Hall–Kier alpha value is -1.79. The van der Waals surface area contributed by atoms with Crippen LogP contribution in [0.25, 0.3) is 0 Å². The molecule has 110 valence electrons. The molecular formula is C14H19NO5. The van der Waals surface area contributed by atoms with Gasteiger partial charge in [0.05, 0.1) is 26.4 Å². The molecule has 1 unspecified atom stereocenters. The first-order valence-electron chi connectivity index (χ1n) is 6.38. The first kappa shape index (κ1) is 14.6. The van der Waals surface area contributed by atoms with Crippen molar-refractivity contribution < 1.29 is 24.1 Å². The van der Waals surface area contributed by atoms with Crippen molar-refractivity contribution in [2.45, 2.75) is 12.0 Å². The molecule has 2 rings (SSSR count). The highest BCUT2D eigenvalue weighted by Crippen LogP contribution is 2.25. The molecule has 0 bridgehead atoms. The molecule has 0 spiro atoms. The quantitative estimate of drug-likeness (QED) is 0.826. The van der Waals surface area contributed by atoms with Crippen molar-refractivity contribution in [1.29, 1.82) is 0 Å². The third-order valence-electron chi connectivity index (χ3n) is 3.31. The third-order valence-corrected chi connectivity index (χ3v) is 3.31. The Morgan fingerprint density at radius 2 is 2.25 bits per heavy atom. The average molecular weight is 281 g/mol. The number of rotatable bonds is 5. The lowest BCUT2D eigenvalue weighted by atomic mass is 10.0. The lowest BCUT2D eigenvalue weighted by molar-refractivity contribution is 0.0264. The molecule has 6 heteroatoms. The first-order chi connectivity index (χ1) is 9.58. The molecule has 1 saturated heterocycles. The fourth-order valence-corrected chi connectivity index (χ4v) is 2.06. The van der Waals surface area contributed by atoms with Crippen molar-refractivity contribution in [1.82, 2.24) is 5.32 Å². The largest absolute Gasteiger partial charge is 0.497 e. The lowest BCUT2D eigenvalue weighted by Crippen LogP contribution is -2.43. The fraction of sp³-hybridized carbons (Fsp3) is 0.500. The molecule has 1 amide bonds. The molecule has 0 radical (unpaired) electrons. The van der Waals surface area contributed by atoms with Crippen LogP contribution in [-0.2, 0) is 4.74 Å². The summed E-state index contributed by atoms with van der Waals surface area (Å²) in [5.74, 6) is 0.738. The number of ether oxygens (including phenoxy) is 3. The Labute approximate surface area is 117 Å². The van der Waals surface area contributed by atoms with Gasteiger partial charge in [-0.05, 0) is 12.1 Å². The minimum atomic E-state index is -0.977. The molecule has 1 atom stereocenters. The first-order valence-corrected chi connectivity index (χ1v) is 6.38. The van der Waals surface area contributed by atoms with Gasteiger partial charge in [-0.25, -0.2) is 0 Å². The van der Waals surface area contributed by atoms with E-state index in [1.54, 1.807) is 25.3 Å². The standard InChI is InChI=1S/C14H19NO5/c1-18-10-3-4-11(12(7-10)19-2)13(16)15-8-14(17)5-6-20-9-14/h3-4,7,17H,5-6,8-9H2,1-2H3,(H,15,16). The molecule has 0 aliphatic carbocycles. The van der Waals surface area contributed by atoms with Crippen LogP contribution in [0.4, 0.5) is 0 Å². The van der Waals surface area contributed by atoms with Crippen molar-refractivity contribution >= 4 is 5.91 Å². The minimum Gasteiger partial charge on any atom is -0.497 e. The zero-order chi connectivity index (χ0) is 14.6. The van der Waals surface area contributed by atoms with E-state index in [1.807, 2.05) is 0 Å². The predicted octanol–water partition coefficient (Wildman–Crippen LogP) is 0.585. The van der Waals surface area contributed by atoms with Crippen molar-refractivity contribution in [3.63, 3.8) is 0 Å². The van der Waals surface area contributed by atoms with E-state index in [2.05, 4.69) is 5.32 Å². The molecular weight excluding hydrogens is 262 g/mol. The molecule has 1 aromatic carbocycles. The van der Waals surface area contributed by atoms with Crippen molar-refractivity contribution in [2.24, 2.45) is 0 Å². The summed E-state index contributed by atoms with van der Waals surface area (Å²) in [5, 5.41) is 12.8. The lowest BCUT2D eigenvalue weighted by Gasteiger charge is -2.21. The summed E-state index contributed by atoms with van der Waals surface area (Å²) in [6.45, 7) is 0.909. The Bertz CT molecular complexity index is 482. The van der Waals surface area contributed by atoms with Crippen LogP contribution in [0.15, 0.2) is 18.2 Å². The number of hydrogen-bond donors (Lipinski definition) is 2. The monoisotopic (exact) mass is 281 g/mol. The van der Waals surface area contributed by atoms with Gasteiger partial charge in [-0.3, -0.25) is 4.79 Å². The highest BCUT2D eigenvalue weighted by Gasteiger charge is 2.32. The molecule has 0 saturated carbocycles. The van der Waals surface area contributed by atoms with Crippen molar-refractivity contribution in [2.75, 3.05) is 34.0 Å². The van der Waals surface area contributed by atoms with Gasteiger partial charge in [0.1, 0.15) is 17.1 Å². The number of aliphatic hydroxyl groups is 1. The number of carbonyl (C=O) groups is 1. The van der Waals surface area contributed by atoms with Crippen LogP contribution in [0.3, 0.4) is 0 Å². The molecule has 6 nitrogen and oxygen atoms in total. The summed E-state index contributed by atoms with van der Waals surface area (Å²) in [6.07, 6.45) is 0.521. The second-order valence-electron chi connectivity index (χ2n) is 4.78. The molecule has 1 fully saturated rings. The van der Waals surface area contributed by atoms with Gasteiger partial charge in [-0.2, -0.15) is 0 Å². The van der Waals surface area contributed by atoms with E-state index in [0.29, 0.717) is 30.1 Å². The van der Waals surface area contributed by atoms with Gasteiger partial charge in [0.25, 0.3) is 5.91 Å². The summed E-state index contributed by atoms with van der Waals surface area (Å²) in [4.78, 5) is 12.1. The van der Waals surface area contributed by atoms with E-state index < -0.39 is 5.60 Å². The molecule has 1 aliphatic rings. The zero-order valence-corrected chi connectivity index (χ0v) is 11.6. The molecule has 1 aromatic rings. The van der Waals surface area contributed by atoms with Crippen LogP contribution in [0.2, 0.25) is 0 Å². The predicted molar refractivity (Wildman–Crippen MR) is 72.3 cm³/mol. The Morgan fingerprint density at radius 3 is 2.85 bits per heavy atom. The Kier molecular flexibility index (Phi) is 4.46. The van der Waals surface area contributed by atoms with Crippen LogP contribution in [0, 0.1) is 0 Å². The van der Waals surface area contributed by atoms with Crippen LogP contribution < -0.4 is 14.8 Å². The SMILES string of the molecule is COc1ccc(C(=O)NCC2(O)CCOC2)c(OC)c1. The van der Waals surface area contributed by atoms with Crippen LogP contribution in [0.5, 0.6) is 11.5 Å². The topological polar surface area (TPSA) is 77.0 Å². The number of benzene rings is 1. The van der Waals surface area contributed by atoms with E-state index >= 15 is 0 Å². The number of amides is 1. The maximum absolute atomic E-state index is 12.1. The fourth-order valence-electron chi connectivity index (χ4n) is 2.06. The van der Waals surface area contributed by atoms with Gasteiger partial charge in [-0.1, -0.05) is 0 Å². The molecule has 1 aliphatic heterocycles. The van der Waals surface area contributed by atoms with Crippen molar-refractivity contribution in [3.05, 3.63) is 23.8 Å². The highest BCUT2D eigenvalue weighted by atomic mass is 16.5. The molecule has 0 aromatic heterocycles. The smallest absolute Gasteiger partial charge is 0.255 e. The number of methoxy groups -OCH3 is 2. The van der Waals surface area contributed by atoms with Gasteiger partial charge in [0.15, 0.2) is 0 Å². The third kappa shape index (κ3) is 3.20. The second-order valence-corrected chi connectivity index (χ2v) is 4.78. The summed E-state index contributed by atoms with van der Waals surface area (Å²) in [6, 6.07) is 4.95. The van der Waals surface area contributed by atoms with E-state index in [-0.39, 0.29) is 19.1 Å². The van der Waals surface area contributed by atoms with Crippen LogP contribution in [-0.4, -0.2) is 50.6 Å². The average Bonchev–Trinajstić information content (AvgIpc) is 2.91. The summed E-state index contributed by atoms with van der Waals surface area (Å²) in [5.41, 5.74) is -0.578. The maximum atomic E-state index is 12.1.